The Hall–Kier alpha value is -2.35. The first-order chi connectivity index (χ1) is 19.1. The Labute approximate surface area is 236 Å². The fourth-order valence-corrected chi connectivity index (χ4v) is 8.32. The standard InChI is InChI=1S/C31H39ClN6O/c32-29-28-26(34-19-37(28)22-5-6-22)17-25(35-29)21-4-7-24-27(16-21)38(30(39)31(24)8-10-33-11-9-31)23-14-20(15-23)18-36-12-2-1-3-13-36/h4,7,16-17,19-20,22-23,29,33,35H,1-3,5-6,8-15,18H2. The van der Waals surface area contributed by atoms with Crippen molar-refractivity contribution >= 4 is 35.0 Å². The molecule has 7 nitrogen and oxygen atoms in total. The number of imidazole rings is 1. The monoisotopic (exact) mass is 546 g/mol. The summed E-state index contributed by atoms with van der Waals surface area (Å²) in [6, 6.07) is 7.53. The molecule has 6 aliphatic rings. The van der Waals surface area contributed by atoms with Gasteiger partial charge < -0.3 is 25.0 Å². The van der Waals surface area contributed by atoms with Gasteiger partial charge in [-0.15, -0.1) is 0 Å². The minimum Gasteiger partial charge on any atom is -0.364 e. The molecule has 39 heavy (non-hydrogen) atoms. The second-order valence-electron chi connectivity index (χ2n) is 12.8. The number of fused-ring (bicyclic) bond motifs is 3. The number of hydrogen-bond donors (Lipinski definition) is 2. The first kappa shape index (κ1) is 24.4. The number of piperidine rings is 2. The molecule has 2 N–H and O–H groups in total. The average Bonchev–Trinajstić information content (AvgIpc) is 3.66. The average molecular weight is 547 g/mol. The van der Waals surface area contributed by atoms with Crippen LogP contribution in [0.1, 0.15) is 91.8 Å². The molecule has 8 rings (SSSR count). The number of carbonyl (C=O) groups excluding carboxylic acids is 1. The predicted octanol–water partition coefficient (Wildman–Crippen LogP) is 4.79. The van der Waals surface area contributed by atoms with Crippen LogP contribution in [0.2, 0.25) is 0 Å². The van der Waals surface area contributed by atoms with E-state index in [9.17, 15) is 4.79 Å². The molecule has 1 unspecified atom stereocenters. The fourth-order valence-electron chi connectivity index (χ4n) is 7.98. The highest BCUT2D eigenvalue weighted by atomic mass is 35.5. The Morgan fingerprint density at radius 3 is 2.62 bits per heavy atom. The molecule has 1 amide bonds. The second kappa shape index (κ2) is 9.35. The van der Waals surface area contributed by atoms with Gasteiger partial charge in [0.25, 0.3) is 0 Å². The molecular formula is C31H39ClN6O. The Morgan fingerprint density at radius 1 is 1.05 bits per heavy atom. The zero-order chi connectivity index (χ0) is 26.1. The summed E-state index contributed by atoms with van der Waals surface area (Å²) in [5.74, 6) is 1.04. The van der Waals surface area contributed by atoms with Crippen LogP contribution < -0.4 is 15.5 Å². The molecule has 2 aromatic rings. The van der Waals surface area contributed by atoms with Crippen LogP contribution in [0.25, 0.3) is 11.8 Å². The number of halogens is 1. The number of hydrogen-bond acceptors (Lipinski definition) is 5. The van der Waals surface area contributed by atoms with Gasteiger partial charge in [0.15, 0.2) is 0 Å². The first-order valence-corrected chi connectivity index (χ1v) is 15.6. The van der Waals surface area contributed by atoms with E-state index in [2.05, 4.69) is 49.3 Å². The highest BCUT2D eigenvalue weighted by molar-refractivity contribution is 6.21. The third-order valence-electron chi connectivity index (χ3n) is 10.3. The highest BCUT2D eigenvalue weighted by Crippen LogP contribution is 2.51. The third kappa shape index (κ3) is 3.98. The summed E-state index contributed by atoms with van der Waals surface area (Å²) in [6.07, 6.45) is 14.5. The second-order valence-corrected chi connectivity index (χ2v) is 13.2. The molecule has 1 aromatic heterocycles. The number of nitrogens with one attached hydrogen (secondary N) is 2. The van der Waals surface area contributed by atoms with Crippen LogP contribution in [0, 0.1) is 5.92 Å². The van der Waals surface area contributed by atoms with Crippen LogP contribution >= 0.6 is 11.6 Å². The fraction of sp³-hybridized carbons (Fsp3) is 0.613. The maximum Gasteiger partial charge on any atom is 0.238 e. The largest absolute Gasteiger partial charge is 0.364 e. The van der Waals surface area contributed by atoms with Gasteiger partial charge in [-0.05, 0) is 107 Å². The molecule has 8 heteroatoms. The lowest BCUT2D eigenvalue weighted by molar-refractivity contribution is -0.125. The van der Waals surface area contributed by atoms with Crippen molar-refractivity contribution in [2.45, 2.75) is 80.8 Å². The lowest BCUT2D eigenvalue weighted by Gasteiger charge is -2.44. The van der Waals surface area contributed by atoms with Crippen molar-refractivity contribution in [1.29, 1.82) is 0 Å². The number of alkyl halides is 1. The Kier molecular flexibility index (Phi) is 5.86. The van der Waals surface area contributed by atoms with Crippen LogP contribution in [0.4, 0.5) is 5.69 Å². The van der Waals surface area contributed by atoms with Crippen molar-refractivity contribution in [2.75, 3.05) is 37.6 Å². The van der Waals surface area contributed by atoms with Crippen LogP contribution in [-0.2, 0) is 10.2 Å². The van der Waals surface area contributed by atoms with E-state index in [4.69, 9.17) is 16.6 Å². The van der Waals surface area contributed by atoms with Gasteiger partial charge in [0.05, 0.1) is 23.1 Å². The SMILES string of the molecule is O=C1N(C2CC(CN3CCCCC3)C2)c2cc(C3=Cc4ncn(C5CC5)c4C(Cl)N3)ccc2C12CCNCC2. The van der Waals surface area contributed by atoms with E-state index >= 15 is 0 Å². The minimum atomic E-state index is -0.378. The summed E-state index contributed by atoms with van der Waals surface area (Å²) < 4.78 is 2.24. The maximum absolute atomic E-state index is 14.3. The first-order valence-electron chi connectivity index (χ1n) is 15.2. The molecule has 1 atom stereocenters. The maximum atomic E-state index is 14.3. The van der Waals surface area contributed by atoms with Gasteiger partial charge in [0.1, 0.15) is 5.50 Å². The predicted molar refractivity (Wildman–Crippen MR) is 155 cm³/mol. The van der Waals surface area contributed by atoms with Crippen molar-refractivity contribution in [3.63, 3.8) is 0 Å². The zero-order valence-corrected chi connectivity index (χ0v) is 23.4. The molecule has 1 aromatic carbocycles. The molecular weight excluding hydrogens is 508 g/mol. The molecule has 2 aliphatic carbocycles. The molecule has 2 saturated carbocycles. The van der Waals surface area contributed by atoms with Gasteiger partial charge in [-0.25, -0.2) is 4.98 Å². The lowest BCUT2D eigenvalue weighted by Crippen LogP contribution is -2.54. The normalized spacial score (nSPS) is 30.0. The smallest absolute Gasteiger partial charge is 0.238 e. The summed E-state index contributed by atoms with van der Waals surface area (Å²) in [5, 5.41) is 7.03. The van der Waals surface area contributed by atoms with Gasteiger partial charge in [0.2, 0.25) is 5.91 Å². The van der Waals surface area contributed by atoms with E-state index in [0.717, 1.165) is 67.1 Å². The molecule has 0 bridgehead atoms. The molecule has 2 saturated heterocycles. The van der Waals surface area contributed by atoms with E-state index in [1.807, 2.05) is 6.33 Å². The Bertz CT molecular complexity index is 1310. The minimum absolute atomic E-state index is 0.311. The number of likely N-dealkylation sites (tertiary alicyclic amines) is 1. The summed E-state index contributed by atoms with van der Waals surface area (Å²) >= 11 is 6.89. The number of amides is 1. The van der Waals surface area contributed by atoms with Crippen LogP contribution in [-0.4, -0.2) is 59.1 Å². The summed E-state index contributed by atoms with van der Waals surface area (Å²) in [5.41, 5.74) is 5.77. The third-order valence-corrected chi connectivity index (χ3v) is 10.6. The van der Waals surface area contributed by atoms with Crippen LogP contribution in [0.15, 0.2) is 24.5 Å². The summed E-state index contributed by atoms with van der Waals surface area (Å²) in [4.78, 5) is 23.8. The van der Waals surface area contributed by atoms with Gasteiger partial charge in [0, 0.05) is 30.0 Å². The molecule has 4 fully saturated rings. The Morgan fingerprint density at radius 2 is 1.85 bits per heavy atom. The van der Waals surface area contributed by atoms with Crippen molar-refractivity contribution in [1.82, 2.24) is 25.1 Å². The molecule has 206 valence electrons. The number of anilines is 1. The summed E-state index contributed by atoms with van der Waals surface area (Å²) in [7, 11) is 0. The van der Waals surface area contributed by atoms with Crippen molar-refractivity contribution in [3.05, 3.63) is 47.0 Å². The number of rotatable bonds is 5. The van der Waals surface area contributed by atoms with E-state index in [-0.39, 0.29) is 10.9 Å². The van der Waals surface area contributed by atoms with Crippen molar-refractivity contribution in [2.24, 2.45) is 5.92 Å². The summed E-state index contributed by atoms with van der Waals surface area (Å²) in [6.45, 7) is 5.49. The van der Waals surface area contributed by atoms with Gasteiger partial charge >= 0.3 is 0 Å². The number of benzene rings is 1. The van der Waals surface area contributed by atoms with Crippen molar-refractivity contribution < 1.29 is 4.79 Å². The molecule has 1 spiro atoms. The van der Waals surface area contributed by atoms with E-state index in [1.54, 1.807) is 0 Å². The van der Waals surface area contributed by atoms with E-state index < -0.39 is 0 Å². The quantitative estimate of drug-likeness (QED) is 0.417. The molecule has 4 aliphatic heterocycles. The number of carbonyl (C=O) groups is 1. The zero-order valence-electron chi connectivity index (χ0n) is 22.7. The number of aromatic nitrogens is 2. The van der Waals surface area contributed by atoms with E-state index in [0.29, 0.717) is 23.9 Å². The van der Waals surface area contributed by atoms with Gasteiger partial charge in [-0.2, -0.15) is 0 Å². The highest BCUT2D eigenvalue weighted by Gasteiger charge is 2.54. The van der Waals surface area contributed by atoms with Crippen LogP contribution in [0.3, 0.4) is 0 Å². The lowest BCUT2D eigenvalue weighted by atomic mass is 9.73. The Balaban J connectivity index is 1.10. The topological polar surface area (TPSA) is 65.4 Å². The molecule has 0 radical (unpaired) electrons. The molecule has 5 heterocycles. The van der Waals surface area contributed by atoms with E-state index in [1.165, 1.54) is 57.3 Å². The van der Waals surface area contributed by atoms with Gasteiger partial charge in [-0.1, -0.05) is 30.2 Å². The van der Waals surface area contributed by atoms with Gasteiger partial charge in [-0.3, -0.25) is 4.79 Å². The van der Waals surface area contributed by atoms with Crippen molar-refractivity contribution in [3.8, 4) is 0 Å². The van der Waals surface area contributed by atoms with Crippen LogP contribution in [0.5, 0.6) is 0 Å². The number of nitrogens with zero attached hydrogens (tertiary/aromatic N) is 4.